The SMILES string of the molecule is CCCCCCCCCCCC=CCCCCC(=O)OCC(CCOC(=O)[C@@H](N)C(C)C)Cc1nc2nc(N)[nH]c(=O)c2[nH]1. The Labute approximate surface area is 262 Å². The van der Waals surface area contributed by atoms with Gasteiger partial charge in [-0.25, -0.2) is 4.98 Å². The summed E-state index contributed by atoms with van der Waals surface area (Å²) < 4.78 is 11.0. The minimum atomic E-state index is -0.699. The van der Waals surface area contributed by atoms with Gasteiger partial charge in [-0.15, -0.1) is 0 Å². The molecule has 0 aliphatic heterocycles. The molecular formula is C33H56N6O5. The molecule has 0 spiro atoms. The molecule has 44 heavy (non-hydrogen) atoms. The van der Waals surface area contributed by atoms with Crippen molar-refractivity contribution in [2.75, 3.05) is 18.9 Å². The number of carbonyl (C=O) groups is 2. The Kier molecular flexibility index (Phi) is 18.1. The van der Waals surface area contributed by atoms with Crippen molar-refractivity contribution in [2.45, 2.75) is 130 Å². The van der Waals surface area contributed by atoms with Crippen molar-refractivity contribution < 1.29 is 19.1 Å². The normalized spacial score (nSPS) is 13.1. The molecule has 0 aliphatic carbocycles. The predicted molar refractivity (Wildman–Crippen MR) is 175 cm³/mol. The third-order valence-corrected chi connectivity index (χ3v) is 7.79. The summed E-state index contributed by atoms with van der Waals surface area (Å²) >= 11 is 0. The van der Waals surface area contributed by atoms with Crippen molar-refractivity contribution in [1.29, 1.82) is 0 Å². The van der Waals surface area contributed by atoms with Gasteiger partial charge in [-0.2, -0.15) is 4.98 Å². The minimum absolute atomic E-state index is 0.0197. The summed E-state index contributed by atoms with van der Waals surface area (Å²) in [7, 11) is 0. The van der Waals surface area contributed by atoms with Gasteiger partial charge in [0, 0.05) is 18.8 Å². The Morgan fingerprint density at radius 2 is 1.52 bits per heavy atom. The molecule has 11 heteroatoms. The van der Waals surface area contributed by atoms with Crippen LogP contribution in [-0.4, -0.2) is 51.1 Å². The fraction of sp³-hybridized carbons (Fsp3) is 0.727. The molecule has 0 aromatic carbocycles. The number of nitrogen functional groups attached to an aromatic ring is 1. The van der Waals surface area contributed by atoms with Crippen LogP contribution in [0, 0.1) is 11.8 Å². The van der Waals surface area contributed by atoms with E-state index in [9.17, 15) is 14.4 Å². The van der Waals surface area contributed by atoms with Crippen LogP contribution < -0.4 is 17.0 Å². The first-order valence-electron chi connectivity index (χ1n) is 16.7. The molecule has 6 N–H and O–H groups in total. The predicted octanol–water partition coefficient (Wildman–Crippen LogP) is 5.88. The second kappa shape index (κ2) is 21.5. The fourth-order valence-electron chi connectivity index (χ4n) is 4.90. The van der Waals surface area contributed by atoms with E-state index in [1.165, 1.54) is 57.8 Å². The number of hydrogen-bond acceptors (Lipinski definition) is 9. The number of hydrogen-bond donors (Lipinski definition) is 4. The Morgan fingerprint density at radius 3 is 2.18 bits per heavy atom. The standard InChI is InChI=1S/C33H56N6O5/c1-4-5-6-7-8-9-10-11-12-13-14-15-16-17-18-19-27(40)44-23-25(20-21-43-32(42)28(34)24(2)3)22-26-36-29-30(37-26)38-33(35)39-31(29)41/h14-15,24-25,28H,4-13,16-23,34H2,1-3H3,(H4,35,36,37,38,39,41)/t25?,28-/m0/s1. The number of imidazole rings is 1. The van der Waals surface area contributed by atoms with E-state index in [0.29, 0.717) is 25.1 Å². The molecule has 0 fully saturated rings. The Morgan fingerprint density at radius 1 is 0.886 bits per heavy atom. The molecule has 0 bridgehead atoms. The number of rotatable bonds is 24. The largest absolute Gasteiger partial charge is 0.465 e. The summed E-state index contributed by atoms with van der Waals surface area (Å²) in [5, 5.41) is 0. The molecule has 2 aromatic heterocycles. The molecule has 0 amide bonds. The first-order chi connectivity index (χ1) is 21.2. The molecule has 1 unspecified atom stereocenters. The van der Waals surface area contributed by atoms with Crippen molar-refractivity contribution in [3.8, 4) is 0 Å². The van der Waals surface area contributed by atoms with Crippen LogP contribution in [0.15, 0.2) is 16.9 Å². The number of unbranched alkanes of at least 4 members (excludes halogenated alkanes) is 11. The highest BCUT2D eigenvalue weighted by Gasteiger charge is 2.21. The maximum Gasteiger partial charge on any atom is 0.323 e. The number of anilines is 1. The molecule has 2 atom stereocenters. The molecule has 0 aliphatic rings. The van der Waals surface area contributed by atoms with Gasteiger partial charge in [-0.3, -0.25) is 19.4 Å². The molecule has 0 saturated heterocycles. The molecular weight excluding hydrogens is 560 g/mol. The zero-order valence-electron chi connectivity index (χ0n) is 27.2. The number of esters is 2. The van der Waals surface area contributed by atoms with Crippen LogP contribution in [0.2, 0.25) is 0 Å². The number of carbonyl (C=O) groups excluding carboxylic acids is 2. The maximum atomic E-state index is 12.5. The molecule has 0 saturated carbocycles. The van der Waals surface area contributed by atoms with Crippen LogP contribution in [0.4, 0.5) is 5.95 Å². The van der Waals surface area contributed by atoms with E-state index in [1.807, 2.05) is 13.8 Å². The zero-order chi connectivity index (χ0) is 32.2. The van der Waals surface area contributed by atoms with Crippen LogP contribution in [0.25, 0.3) is 11.2 Å². The average Bonchev–Trinajstić information content (AvgIpc) is 3.39. The lowest BCUT2D eigenvalue weighted by Gasteiger charge is -2.18. The first kappa shape index (κ1) is 37.0. The highest BCUT2D eigenvalue weighted by Crippen LogP contribution is 2.16. The van der Waals surface area contributed by atoms with Gasteiger partial charge >= 0.3 is 11.9 Å². The fourth-order valence-corrected chi connectivity index (χ4v) is 4.90. The Hall–Kier alpha value is -3.21. The molecule has 2 heterocycles. The number of aromatic nitrogens is 4. The number of nitrogens with two attached hydrogens (primary N) is 2. The maximum absolute atomic E-state index is 12.5. The van der Waals surface area contributed by atoms with Gasteiger partial charge in [0.15, 0.2) is 11.2 Å². The quantitative estimate of drug-likeness (QED) is 0.0636. The van der Waals surface area contributed by atoms with Crippen molar-refractivity contribution in [1.82, 2.24) is 19.9 Å². The number of aromatic amines is 2. The van der Waals surface area contributed by atoms with Crippen molar-refractivity contribution in [3.63, 3.8) is 0 Å². The summed E-state index contributed by atoms with van der Waals surface area (Å²) in [6.45, 7) is 6.22. The lowest BCUT2D eigenvalue weighted by atomic mass is 10.0. The molecule has 2 rings (SSSR count). The first-order valence-corrected chi connectivity index (χ1v) is 16.7. The lowest BCUT2D eigenvalue weighted by molar-refractivity contribution is -0.149. The van der Waals surface area contributed by atoms with E-state index in [1.54, 1.807) is 0 Å². The van der Waals surface area contributed by atoms with E-state index >= 15 is 0 Å². The second-order valence-corrected chi connectivity index (χ2v) is 12.1. The number of nitrogens with zero attached hydrogens (tertiary/aromatic N) is 2. The van der Waals surface area contributed by atoms with Crippen LogP contribution in [0.5, 0.6) is 0 Å². The van der Waals surface area contributed by atoms with Gasteiger partial charge in [0.25, 0.3) is 5.56 Å². The number of H-pyrrole nitrogens is 2. The number of nitrogens with one attached hydrogen (secondary N) is 2. The number of allylic oxidation sites excluding steroid dienone is 2. The van der Waals surface area contributed by atoms with Crippen molar-refractivity contribution in [3.05, 3.63) is 28.3 Å². The van der Waals surface area contributed by atoms with Crippen LogP contribution in [0.3, 0.4) is 0 Å². The highest BCUT2D eigenvalue weighted by molar-refractivity contribution is 5.75. The van der Waals surface area contributed by atoms with Crippen molar-refractivity contribution in [2.24, 2.45) is 17.6 Å². The summed E-state index contributed by atoms with van der Waals surface area (Å²) in [4.78, 5) is 50.7. The lowest BCUT2D eigenvalue weighted by Crippen LogP contribution is -2.37. The zero-order valence-corrected chi connectivity index (χ0v) is 27.2. The smallest absolute Gasteiger partial charge is 0.323 e. The van der Waals surface area contributed by atoms with Crippen LogP contribution in [-0.2, 0) is 25.5 Å². The molecule has 0 radical (unpaired) electrons. The summed E-state index contributed by atoms with van der Waals surface area (Å²) in [5.41, 5.74) is 11.5. The highest BCUT2D eigenvalue weighted by atomic mass is 16.5. The van der Waals surface area contributed by atoms with Gasteiger partial charge in [0.2, 0.25) is 5.95 Å². The molecule has 248 valence electrons. The number of ether oxygens (including phenoxy) is 2. The monoisotopic (exact) mass is 616 g/mol. The Balaban J connectivity index is 1.71. The Bertz CT molecular complexity index is 1190. The van der Waals surface area contributed by atoms with E-state index in [4.69, 9.17) is 20.9 Å². The molecule has 11 nitrogen and oxygen atoms in total. The van der Waals surface area contributed by atoms with Crippen LogP contribution in [0.1, 0.15) is 123 Å². The van der Waals surface area contributed by atoms with Crippen molar-refractivity contribution >= 4 is 29.1 Å². The summed E-state index contributed by atoms with van der Waals surface area (Å²) in [5.74, 6) is -0.486. The molecule has 2 aromatic rings. The number of fused-ring (bicyclic) bond motifs is 1. The summed E-state index contributed by atoms with van der Waals surface area (Å²) in [6, 6.07) is -0.699. The van der Waals surface area contributed by atoms with Gasteiger partial charge in [0.1, 0.15) is 11.9 Å². The van der Waals surface area contributed by atoms with E-state index in [-0.39, 0.29) is 48.1 Å². The van der Waals surface area contributed by atoms with E-state index < -0.39 is 17.6 Å². The van der Waals surface area contributed by atoms with Gasteiger partial charge < -0.3 is 25.9 Å². The van der Waals surface area contributed by atoms with Gasteiger partial charge in [-0.05, 0) is 44.4 Å². The summed E-state index contributed by atoms with van der Waals surface area (Å²) in [6.07, 6.45) is 21.5. The van der Waals surface area contributed by atoms with Crippen LogP contribution >= 0.6 is 0 Å². The third-order valence-electron chi connectivity index (χ3n) is 7.79. The van der Waals surface area contributed by atoms with Gasteiger partial charge in [-0.1, -0.05) is 84.3 Å². The third kappa shape index (κ3) is 15.0. The topological polar surface area (TPSA) is 179 Å². The average molecular weight is 617 g/mol. The minimum Gasteiger partial charge on any atom is -0.465 e. The van der Waals surface area contributed by atoms with E-state index in [2.05, 4.69) is 39.0 Å². The second-order valence-electron chi connectivity index (χ2n) is 12.1. The van der Waals surface area contributed by atoms with Gasteiger partial charge in [0.05, 0.1) is 13.2 Å². The van der Waals surface area contributed by atoms with E-state index in [0.717, 1.165) is 25.7 Å².